The molecule has 1 aromatic heterocycles. The van der Waals surface area contributed by atoms with Gasteiger partial charge in [0.15, 0.2) is 0 Å². The zero-order valence-electron chi connectivity index (χ0n) is 11.6. The summed E-state index contributed by atoms with van der Waals surface area (Å²) in [7, 11) is 0. The Labute approximate surface area is 147 Å². The van der Waals surface area contributed by atoms with Gasteiger partial charge in [0.25, 0.3) is 0 Å². The summed E-state index contributed by atoms with van der Waals surface area (Å²) in [4.78, 5) is 16.1. The van der Waals surface area contributed by atoms with Crippen molar-refractivity contribution in [3.8, 4) is 0 Å². The third kappa shape index (κ3) is 5.32. The number of carbonyl (C=O) groups excluding carboxylic acids is 1. The minimum atomic E-state index is -0.0532. The number of amides is 1. The van der Waals surface area contributed by atoms with E-state index in [1.807, 2.05) is 17.5 Å². The first-order valence-corrected chi connectivity index (χ1v) is 9.09. The predicted octanol–water partition coefficient (Wildman–Crippen LogP) is 4.59. The van der Waals surface area contributed by atoms with Gasteiger partial charge in [0, 0.05) is 27.7 Å². The van der Waals surface area contributed by atoms with E-state index in [4.69, 9.17) is 23.2 Å². The van der Waals surface area contributed by atoms with Gasteiger partial charge in [-0.2, -0.15) is 0 Å². The summed E-state index contributed by atoms with van der Waals surface area (Å²) in [5.41, 5.74) is 1.79. The molecule has 1 N–H and O–H groups in total. The number of nitrogens with one attached hydrogen (secondary N) is 1. The standard InChI is InChI=1S/C15H14Cl2N2OS2/c1-2-5-18-14(20)7-12-9-22-15(19-12)21-8-10-3-4-11(16)6-13(10)17/h2-4,6,9H,1,5,7-8H2,(H,18,20). The molecule has 1 amide bonds. The van der Waals surface area contributed by atoms with E-state index in [1.165, 1.54) is 11.3 Å². The summed E-state index contributed by atoms with van der Waals surface area (Å²) < 4.78 is 0.914. The summed E-state index contributed by atoms with van der Waals surface area (Å²) in [6.07, 6.45) is 1.93. The van der Waals surface area contributed by atoms with Crippen LogP contribution in [0.2, 0.25) is 10.0 Å². The Morgan fingerprint density at radius 3 is 3.00 bits per heavy atom. The fourth-order valence-electron chi connectivity index (χ4n) is 1.63. The summed E-state index contributed by atoms with van der Waals surface area (Å²) in [5, 5.41) is 5.91. The lowest BCUT2D eigenvalue weighted by atomic mass is 10.2. The molecule has 0 unspecified atom stereocenters. The molecule has 2 rings (SSSR count). The normalized spacial score (nSPS) is 10.5. The number of rotatable bonds is 7. The van der Waals surface area contributed by atoms with E-state index in [0.717, 1.165) is 15.6 Å². The highest BCUT2D eigenvalue weighted by Gasteiger charge is 2.09. The molecule has 1 aromatic carbocycles. The highest BCUT2D eigenvalue weighted by molar-refractivity contribution is 8.00. The van der Waals surface area contributed by atoms with E-state index in [0.29, 0.717) is 22.3 Å². The number of nitrogens with zero attached hydrogens (tertiary/aromatic N) is 1. The van der Waals surface area contributed by atoms with E-state index >= 15 is 0 Å². The SMILES string of the molecule is C=CCNC(=O)Cc1csc(SCc2ccc(Cl)cc2Cl)n1. The summed E-state index contributed by atoms with van der Waals surface area (Å²) in [5.74, 6) is 0.661. The van der Waals surface area contributed by atoms with Crippen LogP contribution in [0.3, 0.4) is 0 Å². The second-order valence-corrected chi connectivity index (χ2v) is 7.32. The average molecular weight is 373 g/mol. The third-order valence-corrected chi connectivity index (χ3v) is 5.39. The molecule has 0 fully saturated rings. The molecule has 1 heterocycles. The first-order chi connectivity index (χ1) is 10.6. The van der Waals surface area contributed by atoms with Gasteiger partial charge in [-0.3, -0.25) is 4.79 Å². The molecule has 0 saturated heterocycles. The molecule has 3 nitrogen and oxygen atoms in total. The predicted molar refractivity (Wildman–Crippen MR) is 95.0 cm³/mol. The minimum Gasteiger partial charge on any atom is -0.352 e. The lowest BCUT2D eigenvalue weighted by molar-refractivity contribution is -0.120. The van der Waals surface area contributed by atoms with Crippen molar-refractivity contribution >= 4 is 52.2 Å². The van der Waals surface area contributed by atoms with Crippen molar-refractivity contribution in [2.75, 3.05) is 6.54 Å². The Hall–Kier alpha value is -1.01. The fourth-order valence-corrected chi connectivity index (χ4v) is 4.03. The van der Waals surface area contributed by atoms with Crippen LogP contribution < -0.4 is 5.32 Å². The Morgan fingerprint density at radius 1 is 1.45 bits per heavy atom. The maximum absolute atomic E-state index is 11.6. The number of hydrogen-bond acceptors (Lipinski definition) is 4. The van der Waals surface area contributed by atoms with Crippen LogP contribution in [0.25, 0.3) is 0 Å². The minimum absolute atomic E-state index is 0.0532. The number of carbonyl (C=O) groups is 1. The van der Waals surface area contributed by atoms with Gasteiger partial charge in [0.2, 0.25) is 5.91 Å². The van der Waals surface area contributed by atoms with Crippen molar-refractivity contribution in [1.82, 2.24) is 10.3 Å². The van der Waals surface area contributed by atoms with Crippen LogP contribution in [-0.4, -0.2) is 17.4 Å². The Kier molecular flexibility index (Phi) is 6.76. The molecular weight excluding hydrogens is 359 g/mol. The summed E-state index contributed by atoms with van der Waals surface area (Å²) in [6.45, 7) is 4.03. The van der Waals surface area contributed by atoms with Crippen molar-refractivity contribution in [3.63, 3.8) is 0 Å². The first-order valence-electron chi connectivity index (χ1n) is 6.47. The first kappa shape index (κ1) is 17.3. The summed E-state index contributed by atoms with van der Waals surface area (Å²) in [6, 6.07) is 5.46. The largest absolute Gasteiger partial charge is 0.352 e. The van der Waals surface area contributed by atoms with Gasteiger partial charge in [-0.25, -0.2) is 4.98 Å². The molecule has 22 heavy (non-hydrogen) atoms. The number of hydrogen-bond donors (Lipinski definition) is 1. The third-order valence-electron chi connectivity index (χ3n) is 2.68. The van der Waals surface area contributed by atoms with Gasteiger partial charge in [-0.15, -0.1) is 17.9 Å². The fraction of sp³-hybridized carbons (Fsp3) is 0.200. The zero-order valence-corrected chi connectivity index (χ0v) is 14.8. The highest BCUT2D eigenvalue weighted by Crippen LogP contribution is 2.30. The molecule has 0 bridgehead atoms. The van der Waals surface area contributed by atoms with Crippen LogP contribution in [-0.2, 0) is 17.0 Å². The van der Waals surface area contributed by atoms with E-state index in [-0.39, 0.29) is 12.3 Å². The van der Waals surface area contributed by atoms with Crippen LogP contribution in [0.1, 0.15) is 11.3 Å². The van der Waals surface area contributed by atoms with Gasteiger partial charge in [0.05, 0.1) is 12.1 Å². The summed E-state index contributed by atoms with van der Waals surface area (Å²) >= 11 is 15.1. The molecule has 0 aliphatic rings. The maximum atomic E-state index is 11.6. The van der Waals surface area contributed by atoms with Gasteiger partial charge in [-0.05, 0) is 17.7 Å². The topological polar surface area (TPSA) is 42.0 Å². The number of halogens is 2. The molecule has 0 atom stereocenters. The molecule has 0 saturated carbocycles. The number of benzene rings is 1. The van der Waals surface area contributed by atoms with E-state index in [2.05, 4.69) is 16.9 Å². The molecule has 0 spiro atoms. The zero-order chi connectivity index (χ0) is 15.9. The van der Waals surface area contributed by atoms with Crippen molar-refractivity contribution < 1.29 is 4.79 Å². The lowest BCUT2D eigenvalue weighted by Crippen LogP contribution is -2.25. The molecule has 0 aliphatic heterocycles. The van der Waals surface area contributed by atoms with Crippen molar-refractivity contribution in [2.45, 2.75) is 16.5 Å². The van der Waals surface area contributed by atoms with Crippen LogP contribution in [0.5, 0.6) is 0 Å². The van der Waals surface area contributed by atoms with E-state index in [9.17, 15) is 4.79 Å². The Balaban J connectivity index is 1.89. The monoisotopic (exact) mass is 372 g/mol. The Morgan fingerprint density at radius 2 is 2.27 bits per heavy atom. The molecule has 116 valence electrons. The number of aromatic nitrogens is 1. The maximum Gasteiger partial charge on any atom is 0.226 e. The second kappa shape index (κ2) is 8.58. The highest BCUT2D eigenvalue weighted by atomic mass is 35.5. The molecule has 0 aliphatic carbocycles. The molecular formula is C15H14Cl2N2OS2. The van der Waals surface area contributed by atoms with Gasteiger partial charge < -0.3 is 5.32 Å². The van der Waals surface area contributed by atoms with Crippen LogP contribution >= 0.6 is 46.3 Å². The van der Waals surface area contributed by atoms with Crippen molar-refractivity contribution in [1.29, 1.82) is 0 Å². The van der Waals surface area contributed by atoms with Crippen molar-refractivity contribution in [2.24, 2.45) is 0 Å². The van der Waals surface area contributed by atoms with Gasteiger partial charge in [-0.1, -0.05) is 47.1 Å². The Bertz CT molecular complexity index is 673. The lowest BCUT2D eigenvalue weighted by Gasteiger charge is -2.02. The van der Waals surface area contributed by atoms with Crippen molar-refractivity contribution in [3.05, 3.63) is 57.5 Å². The van der Waals surface area contributed by atoms with Gasteiger partial charge >= 0.3 is 0 Å². The van der Waals surface area contributed by atoms with E-state index < -0.39 is 0 Å². The van der Waals surface area contributed by atoms with Crippen LogP contribution in [0.4, 0.5) is 0 Å². The number of thioether (sulfide) groups is 1. The van der Waals surface area contributed by atoms with Crippen LogP contribution in [0, 0.1) is 0 Å². The molecule has 0 radical (unpaired) electrons. The van der Waals surface area contributed by atoms with Crippen LogP contribution in [0.15, 0.2) is 40.6 Å². The average Bonchev–Trinajstić information content (AvgIpc) is 2.91. The van der Waals surface area contributed by atoms with Gasteiger partial charge in [0.1, 0.15) is 4.34 Å². The smallest absolute Gasteiger partial charge is 0.226 e. The quantitative estimate of drug-likeness (QED) is 0.570. The molecule has 7 heteroatoms. The molecule has 2 aromatic rings. The second-order valence-electron chi connectivity index (χ2n) is 4.40. The number of thiazole rings is 1. The van der Waals surface area contributed by atoms with E-state index in [1.54, 1.807) is 23.9 Å².